The molecule has 0 spiro atoms. The van der Waals surface area contributed by atoms with Crippen molar-refractivity contribution in [1.29, 1.82) is 0 Å². The van der Waals surface area contributed by atoms with Gasteiger partial charge in [0, 0.05) is 17.5 Å². The molecule has 2 aromatic carbocycles. The van der Waals surface area contributed by atoms with Gasteiger partial charge in [-0.1, -0.05) is 24.3 Å². The third-order valence-electron chi connectivity index (χ3n) is 2.94. The molecule has 0 saturated heterocycles. The molecule has 1 amide bonds. The highest BCUT2D eigenvalue weighted by Gasteiger charge is 2.16. The molecular formula is C15H15NO4. The van der Waals surface area contributed by atoms with Crippen molar-refractivity contribution in [3.63, 3.8) is 0 Å². The second-order valence-electron chi connectivity index (χ2n) is 4.57. The number of hydrogen-bond acceptors (Lipinski definition) is 3. The van der Waals surface area contributed by atoms with E-state index in [-0.39, 0.29) is 12.1 Å². The first kappa shape index (κ1) is 14.0. The van der Waals surface area contributed by atoms with Crippen LogP contribution in [-0.4, -0.2) is 34.7 Å². The van der Waals surface area contributed by atoms with E-state index in [4.69, 9.17) is 0 Å². The minimum Gasteiger partial charge on any atom is -0.478 e. The van der Waals surface area contributed by atoms with Gasteiger partial charge >= 0.3 is 5.97 Å². The molecule has 0 fully saturated rings. The lowest BCUT2D eigenvalue weighted by atomic mass is 9.98. The van der Waals surface area contributed by atoms with E-state index in [2.05, 4.69) is 5.32 Å². The Hall–Kier alpha value is -2.40. The largest absolute Gasteiger partial charge is 0.478 e. The van der Waals surface area contributed by atoms with Crippen molar-refractivity contribution in [2.24, 2.45) is 0 Å². The zero-order valence-electron chi connectivity index (χ0n) is 11.0. The fraction of sp³-hybridized carbons (Fsp3) is 0.200. The van der Waals surface area contributed by atoms with E-state index in [1.165, 1.54) is 6.07 Å². The van der Waals surface area contributed by atoms with Gasteiger partial charge in [0.1, 0.15) is 0 Å². The average Bonchev–Trinajstić information content (AvgIpc) is 2.43. The Balaban J connectivity index is 2.53. The maximum absolute atomic E-state index is 12.1. The monoisotopic (exact) mass is 273 g/mol. The summed E-state index contributed by atoms with van der Waals surface area (Å²) in [5, 5.41) is 22.1. The third-order valence-corrected chi connectivity index (χ3v) is 2.94. The van der Waals surface area contributed by atoms with Crippen LogP contribution in [0.3, 0.4) is 0 Å². The van der Waals surface area contributed by atoms with Crippen LogP contribution in [0.25, 0.3) is 10.8 Å². The summed E-state index contributed by atoms with van der Waals surface area (Å²) in [6.07, 6.45) is -0.659. The van der Waals surface area contributed by atoms with E-state index in [1.54, 1.807) is 37.3 Å². The standard InChI is InChI=1S/C15H15NO4/c1-9(17)8-16-14(18)11-6-2-4-10-5-3-7-12(13(10)11)15(19)20/h2-7,9,17H,8H2,1H3,(H,16,18)(H,19,20)/t9-/m1/s1. The molecule has 2 rings (SSSR count). The topological polar surface area (TPSA) is 86.6 Å². The Morgan fingerprint density at radius 3 is 2.30 bits per heavy atom. The van der Waals surface area contributed by atoms with Crippen LogP contribution >= 0.6 is 0 Å². The first-order valence-corrected chi connectivity index (χ1v) is 6.22. The van der Waals surface area contributed by atoms with Crippen molar-refractivity contribution < 1.29 is 19.8 Å². The number of carboxylic acids is 1. The molecule has 0 heterocycles. The van der Waals surface area contributed by atoms with Crippen molar-refractivity contribution in [2.45, 2.75) is 13.0 Å². The molecule has 0 aliphatic rings. The van der Waals surface area contributed by atoms with E-state index in [0.717, 1.165) is 0 Å². The molecular weight excluding hydrogens is 258 g/mol. The number of carbonyl (C=O) groups excluding carboxylic acids is 1. The number of aromatic carboxylic acids is 1. The number of carboxylic acid groups (broad SMARTS) is 1. The minimum absolute atomic E-state index is 0.0882. The average molecular weight is 273 g/mol. The second-order valence-corrected chi connectivity index (χ2v) is 4.57. The number of nitrogens with one attached hydrogen (secondary N) is 1. The van der Waals surface area contributed by atoms with Crippen LogP contribution < -0.4 is 5.32 Å². The Morgan fingerprint density at radius 2 is 1.75 bits per heavy atom. The highest BCUT2D eigenvalue weighted by molar-refractivity contribution is 6.14. The molecule has 0 radical (unpaired) electrons. The lowest BCUT2D eigenvalue weighted by Crippen LogP contribution is -2.30. The minimum atomic E-state index is -1.08. The van der Waals surface area contributed by atoms with E-state index >= 15 is 0 Å². The van der Waals surface area contributed by atoms with Gasteiger partial charge in [-0.25, -0.2) is 4.79 Å². The summed E-state index contributed by atoms with van der Waals surface area (Å²) >= 11 is 0. The number of amides is 1. The van der Waals surface area contributed by atoms with Gasteiger partial charge in [-0.05, 0) is 24.4 Å². The molecule has 0 aliphatic heterocycles. The summed E-state index contributed by atoms with van der Waals surface area (Å²) in [5.74, 6) is -1.48. The van der Waals surface area contributed by atoms with Gasteiger partial charge in [0.25, 0.3) is 5.91 Å². The summed E-state index contributed by atoms with van der Waals surface area (Å²) in [6, 6.07) is 9.90. The molecule has 2 aromatic rings. The highest BCUT2D eigenvalue weighted by atomic mass is 16.4. The summed E-state index contributed by atoms with van der Waals surface area (Å²) in [5.41, 5.74) is 0.381. The van der Waals surface area contributed by atoms with Crippen molar-refractivity contribution in [2.75, 3.05) is 6.54 Å². The number of hydrogen-bond donors (Lipinski definition) is 3. The molecule has 3 N–H and O–H groups in total. The molecule has 104 valence electrons. The van der Waals surface area contributed by atoms with Crippen molar-refractivity contribution in [3.8, 4) is 0 Å². The van der Waals surface area contributed by atoms with Crippen LogP contribution in [0.1, 0.15) is 27.6 Å². The SMILES string of the molecule is C[C@@H](O)CNC(=O)c1cccc2cccc(C(=O)O)c12. The molecule has 20 heavy (non-hydrogen) atoms. The van der Waals surface area contributed by atoms with Gasteiger partial charge in [-0.2, -0.15) is 0 Å². The van der Waals surface area contributed by atoms with Crippen LogP contribution in [0.2, 0.25) is 0 Å². The lowest BCUT2D eigenvalue weighted by Gasteiger charge is -2.11. The summed E-state index contributed by atoms with van der Waals surface area (Å²) < 4.78 is 0. The summed E-state index contributed by atoms with van der Waals surface area (Å²) in [4.78, 5) is 23.4. The van der Waals surface area contributed by atoms with Crippen LogP contribution in [-0.2, 0) is 0 Å². The lowest BCUT2D eigenvalue weighted by molar-refractivity contribution is 0.0699. The molecule has 0 bridgehead atoms. The van der Waals surface area contributed by atoms with Crippen LogP contribution in [0.4, 0.5) is 0 Å². The Morgan fingerprint density at radius 1 is 1.15 bits per heavy atom. The number of carbonyl (C=O) groups is 2. The molecule has 0 saturated carbocycles. The van der Waals surface area contributed by atoms with Gasteiger partial charge in [0.05, 0.1) is 11.7 Å². The quantitative estimate of drug-likeness (QED) is 0.790. The van der Waals surface area contributed by atoms with Crippen molar-refractivity contribution in [1.82, 2.24) is 5.32 Å². The number of aliphatic hydroxyl groups is 1. The molecule has 0 aliphatic carbocycles. The van der Waals surface area contributed by atoms with Crippen LogP contribution in [0, 0.1) is 0 Å². The zero-order valence-corrected chi connectivity index (χ0v) is 11.0. The Labute approximate surface area is 115 Å². The maximum atomic E-state index is 12.1. The van der Waals surface area contributed by atoms with Gasteiger partial charge in [-0.3, -0.25) is 4.79 Å². The van der Waals surface area contributed by atoms with Crippen molar-refractivity contribution >= 4 is 22.6 Å². The Bertz CT molecular complexity index is 659. The smallest absolute Gasteiger partial charge is 0.336 e. The number of rotatable bonds is 4. The van der Waals surface area contributed by atoms with E-state index in [0.29, 0.717) is 16.3 Å². The van der Waals surface area contributed by atoms with E-state index in [1.807, 2.05) is 0 Å². The molecule has 1 atom stereocenters. The normalized spacial score (nSPS) is 12.1. The molecule has 5 nitrogen and oxygen atoms in total. The second kappa shape index (κ2) is 5.71. The van der Waals surface area contributed by atoms with Crippen molar-refractivity contribution in [3.05, 3.63) is 47.5 Å². The first-order chi connectivity index (χ1) is 9.50. The zero-order chi connectivity index (χ0) is 14.7. The molecule has 5 heteroatoms. The fourth-order valence-electron chi connectivity index (χ4n) is 2.04. The van der Waals surface area contributed by atoms with Gasteiger partial charge in [0.15, 0.2) is 0 Å². The number of fused-ring (bicyclic) bond motifs is 1. The van der Waals surface area contributed by atoms with Crippen LogP contribution in [0.15, 0.2) is 36.4 Å². The van der Waals surface area contributed by atoms with E-state index < -0.39 is 18.0 Å². The predicted molar refractivity (Wildman–Crippen MR) is 74.9 cm³/mol. The molecule has 0 unspecified atom stereocenters. The van der Waals surface area contributed by atoms with Gasteiger partial charge < -0.3 is 15.5 Å². The Kier molecular flexibility index (Phi) is 4.00. The number of aliphatic hydroxyl groups excluding tert-OH is 1. The van der Waals surface area contributed by atoms with Gasteiger partial charge in [0.2, 0.25) is 0 Å². The van der Waals surface area contributed by atoms with Crippen LogP contribution in [0.5, 0.6) is 0 Å². The van der Waals surface area contributed by atoms with Gasteiger partial charge in [-0.15, -0.1) is 0 Å². The number of benzene rings is 2. The van der Waals surface area contributed by atoms with E-state index in [9.17, 15) is 19.8 Å². The highest BCUT2D eigenvalue weighted by Crippen LogP contribution is 2.23. The first-order valence-electron chi connectivity index (χ1n) is 6.22. The maximum Gasteiger partial charge on any atom is 0.336 e. The molecule has 0 aromatic heterocycles. The third kappa shape index (κ3) is 2.78. The fourth-order valence-corrected chi connectivity index (χ4v) is 2.04. The summed E-state index contributed by atoms with van der Waals surface area (Å²) in [6.45, 7) is 1.68. The predicted octanol–water partition coefficient (Wildman–Crippen LogP) is 1.65. The summed E-state index contributed by atoms with van der Waals surface area (Å²) in [7, 11) is 0.